The van der Waals surface area contributed by atoms with E-state index in [-0.39, 0.29) is 12.0 Å². The molecular formula is C12H23NO2S. The van der Waals surface area contributed by atoms with Gasteiger partial charge in [-0.3, -0.25) is 9.69 Å². The van der Waals surface area contributed by atoms with Gasteiger partial charge in [-0.15, -0.1) is 0 Å². The molecule has 0 spiro atoms. The molecule has 0 radical (unpaired) electrons. The zero-order valence-corrected chi connectivity index (χ0v) is 11.2. The van der Waals surface area contributed by atoms with Crippen LogP contribution in [0.5, 0.6) is 0 Å². The highest BCUT2D eigenvalue weighted by Gasteiger charge is 2.28. The first-order valence-corrected chi connectivity index (χ1v) is 7.34. The molecule has 1 aliphatic heterocycles. The van der Waals surface area contributed by atoms with E-state index in [9.17, 15) is 4.79 Å². The molecule has 1 aliphatic rings. The van der Waals surface area contributed by atoms with Gasteiger partial charge in [0.1, 0.15) is 6.04 Å². The van der Waals surface area contributed by atoms with Crippen molar-refractivity contribution in [3.63, 3.8) is 0 Å². The van der Waals surface area contributed by atoms with Crippen molar-refractivity contribution < 1.29 is 9.53 Å². The standard InChI is InChI=1S/C12H23NO2S/c1-3-16-10-6-9-13-8-5-4-7-11(13)12(14)15-2/h11H,3-10H2,1-2H3/t11-/m1/s1. The Labute approximate surface area is 103 Å². The van der Waals surface area contributed by atoms with E-state index >= 15 is 0 Å². The molecule has 3 nitrogen and oxygen atoms in total. The van der Waals surface area contributed by atoms with Crippen molar-refractivity contribution in [2.45, 2.75) is 38.6 Å². The number of esters is 1. The molecule has 0 aromatic carbocycles. The lowest BCUT2D eigenvalue weighted by Gasteiger charge is -2.33. The fourth-order valence-electron chi connectivity index (χ4n) is 2.18. The third-order valence-electron chi connectivity index (χ3n) is 3.03. The lowest BCUT2D eigenvalue weighted by atomic mass is 10.0. The maximum absolute atomic E-state index is 11.6. The molecule has 4 heteroatoms. The van der Waals surface area contributed by atoms with Gasteiger partial charge in [0.2, 0.25) is 0 Å². The molecular weight excluding hydrogens is 222 g/mol. The Morgan fingerprint density at radius 1 is 1.50 bits per heavy atom. The smallest absolute Gasteiger partial charge is 0.323 e. The highest BCUT2D eigenvalue weighted by atomic mass is 32.2. The average Bonchev–Trinajstić information content (AvgIpc) is 2.34. The summed E-state index contributed by atoms with van der Waals surface area (Å²) >= 11 is 1.97. The summed E-state index contributed by atoms with van der Waals surface area (Å²) < 4.78 is 4.86. The zero-order valence-electron chi connectivity index (χ0n) is 10.4. The van der Waals surface area contributed by atoms with E-state index < -0.39 is 0 Å². The second kappa shape index (κ2) is 7.96. The predicted molar refractivity (Wildman–Crippen MR) is 68.8 cm³/mol. The number of carbonyl (C=O) groups excluding carboxylic acids is 1. The minimum absolute atomic E-state index is 0.0189. The maximum atomic E-state index is 11.6. The Balaban J connectivity index is 2.32. The van der Waals surface area contributed by atoms with Crippen LogP contribution in [0.2, 0.25) is 0 Å². The van der Waals surface area contributed by atoms with E-state index in [2.05, 4.69) is 11.8 Å². The van der Waals surface area contributed by atoms with E-state index in [1.807, 2.05) is 11.8 Å². The minimum atomic E-state index is -0.0529. The molecule has 94 valence electrons. The van der Waals surface area contributed by atoms with Crippen molar-refractivity contribution in [2.24, 2.45) is 0 Å². The van der Waals surface area contributed by atoms with Crippen LogP contribution in [0.15, 0.2) is 0 Å². The average molecular weight is 245 g/mol. The molecule has 0 bridgehead atoms. The molecule has 1 rings (SSSR count). The Morgan fingerprint density at radius 3 is 3.00 bits per heavy atom. The Bertz CT molecular complexity index is 211. The van der Waals surface area contributed by atoms with Crippen molar-refractivity contribution >= 4 is 17.7 Å². The number of hydrogen-bond donors (Lipinski definition) is 0. The topological polar surface area (TPSA) is 29.5 Å². The quantitative estimate of drug-likeness (QED) is 0.530. The summed E-state index contributed by atoms with van der Waals surface area (Å²) in [6, 6.07) is 0.0189. The number of hydrogen-bond acceptors (Lipinski definition) is 4. The van der Waals surface area contributed by atoms with Gasteiger partial charge < -0.3 is 4.74 Å². The summed E-state index contributed by atoms with van der Waals surface area (Å²) in [4.78, 5) is 13.9. The summed E-state index contributed by atoms with van der Waals surface area (Å²) in [5, 5.41) is 0. The summed E-state index contributed by atoms with van der Waals surface area (Å²) in [6.45, 7) is 4.27. The number of thioether (sulfide) groups is 1. The Hall–Kier alpha value is -0.220. The highest BCUT2D eigenvalue weighted by Crippen LogP contribution is 2.18. The molecule has 1 atom stereocenters. The largest absolute Gasteiger partial charge is 0.468 e. The SMILES string of the molecule is CCSCCCN1CCCC[C@@H]1C(=O)OC. The van der Waals surface area contributed by atoms with Crippen molar-refractivity contribution in [3.8, 4) is 0 Å². The second-order valence-corrected chi connectivity index (χ2v) is 5.52. The van der Waals surface area contributed by atoms with Gasteiger partial charge in [0.15, 0.2) is 0 Å². The van der Waals surface area contributed by atoms with Gasteiger partial charge in [0.25, 0.3) is 0 Å². The molecule has 1 saturated heterocycles. The van der Waals surface area contributed by atoms with Crippen LogP contribution in [0.25, 0.3) is 0 Å². The normalized spacial score (nSPS) is 22.0. The van der Waals surface area contributed by atoms with Gasteiger partial charge in [0.05, 0.1) is 7.11 Å². The van der Waals surface area contributed by atoms with Crippen LogP contribution in [-0.4, -0.2) is 48.6 Å². The minimum Gasteiger partial charge on any atom is -0.468 e. The maximum Gasteiger partial charge on any atom is 0.323 e. The molecule has 0 amide bonds. The van der Waals surface area contributed by atoms with Crippen LogP contribution in [0, 0.1) is 0 Å². The number of piperidine rings is 1. The number of ether oxygens (including phenoxy) is 1. The van der Waals surface area contributed by atoms with Crippen LogP contribution < -0.4 is 0 Å². The van der Waals surface area contributed by atoms with Crippen molar-refractivity contribution in [1.29, 1.82) is 0 Å². The third kappa shape index (κ3) is 4.34. The number of methoxy groups -OCH3 is 1. The Kier molecular flexibility index (Phi) is 6.88. The van der Waals surface area contributed by atoms with Crippen molar-refractivity contribution in [3.05, 3.63) is 0 Å². The number of likely N-dealkylation sites (tertiary alicyclic amines) is 1. The summed E-state index contributed by atoms with van der Waals surface area (Å²) in [6.07, 6.45) is 4.51. The first-order chi connectivity index (χ1) is 7.79. The molecule has 0 aliphatic carbocycles. The fourth-order valence-corrected chi connectivity index (χ4v) is 2.80. The predicted octanol–water partition coefficient (Wildman–Crippen LogP) is 2.16. The molecule has 0 unspecified atom stereocenters. The lowest BCUT2D eigenvalue weighted by molar-refractivity contribution is -0.148. The van der Waals surface area contributed by atoms with E-state index in [0.29, 0.717) is 0 Å². The number of rotatable bonds is 6. The molecule has 0 aromatic rings. The second-order valence-electron chi connectivity index (χ2n) is 4.12. The van der Waals surface area contributed by atoms with Gasteiger partial charge in [-0.25, -0.2) is 0 Å². The monoisotopic (exact) mass is 245 g/mol. The molecule has 16 heavy (non-hydrogen) atoms. The van der Waals surface area contributed by atoms with Crippen molar-refractivity contribution in [1.82, 2.24) is 4.90 Å². The van der Waals surface area contributed by atoms with E-state index in [1.54, 1.807) is 0 Å². The first-order valence-electron chi connectivity index (χ1n) is 6.19. The summed E-state index contributed by atoms with van der Waals surface area (Å²) in [5.74, 6) is 2.32. The molecule has 0 saturated carbocycles. The number of carbonyl (C=O) groups is 1. The number of nitrogens with zero attached hydrogens (tertiary/aromatic N) is 1. The molecule has 0 aromatic heterocycles. The van der Waals surface area contributed by atoms with Crippen LogP contribution in [0.1, 0.15) is 32.6 Å². The Morgan fingerprint density at radius 2 is 2.31 bits per heavy atom. The molecule has 1 heterocycles. The van der Waals surface area contributed by atoms with Gasteiger partial charge in [0, 0.05) is 0 Å². The van der Waals surface area contributed by atoms with Gasteiger partial charge in [-0.05, 0) is 43.9 Å². The summed E-state index contributed by atoms with van der Waals surface area (Å²) in [7, 11) is 1.49. The van der Waals surface area contributed by atoms with Crippen LogP contribution >= 0.6 is 11.8 Å². The van der Waals surface area contributed by atoms with Crippen LogP contribution in [-0.2, 0) is 9.53 Å². The van der Waals surface area contributed by atoms with Crippen molar-refractivity contribution in [2.75, 3.05) is 31.7 Å². The lowest BCUT2D eigenvalue weighted by Crippen LogP contribution is -2.45. The highest BCUT2D eigenvalue weighted by molar-refractivity contribution is 7.99. The molecule has 1 fully saturated rings. The first kappa shape index (κ1) is 13.8. The summed E-state index contributed by atoms with van der Waals surface area (Å²) in [5.41, 5.74) is 0. The zero-order chi connectivity index (χ0) is 11.8. The van der Waals surface area contributed by atoms with E-state index in [1.165, 1.54) is 31.5 Å². The third-order valence-corrected chi connectivity index (χ3v) is 4.01. The van der Waals surface area contributed by atoms with Crippen LogP contribution in [0.4, 0.5) is 0 Å². The fraction of sp³-hybridized carbons (Fsp3) is 0.917. The van der Waals surface area contributed by atoms with E-state index in [4.69, 9.17) is 4.74 Å². The van der Waals surface area contributed by atoms with Crippen LogP contribution in [0.3, 0.4) is 0 Å². The van der Waals surface area contributed by atoms with Gasteiger partial charge in [-0.2, -0.15) is 11.8 Å². The van der Waals surface area contributed by atoms with Gasteiger partial charge >= 0.3 is 5.97 Å². The molecule has 0 N–H and O–H groups in total. The van der Waals surface area contributed by atoms with E-state index in [0.717, 1.165) is 25.9 Å². The van der Waals surface area contributed by atoms with Gasteiger partial charge in [-0.1, -0.05) is 13.3 Å².